The van der Waals surface area contributed by atoms with Gasteiger partial charge < -0.3 is 28.6 Å². The van der Waals surface area contributed by atoms with Crippen molar-refractivity contribution in [2.75, 3.05) is 47.0 Å². The van der Waals surface area contributed by atoms with E-state index in [-0.39, 0.29) is 5.91 Å². The van der Waals surface area contributed by atoms with Gasteiger partial charge in [0, 0.05) is 54.9 Å². The Kier molecular flexibility index (Phi) is 7.84. The third-order valence-electron chi connectivity index (χ3n) is 7.85. The first-order valence-electron chi connectivity index (χ1n) is 13.4. The minimum absolute atomic E-state index is 0.0520. The zero-order chi connectivity index (χ0) is 25.8. The van der Waals surface area contributed by atoms with Crippen molar-refractivity contribution in [3.63, 3.8) is 0 Å². The van der Waals surface area contributed by atoms with E-state index in [0.29, 0.717) is 42.5 Å². The van der Waals surface area contributed by atoms with Crippen LogP contribution in [-0.4, -0.2) is 78.3 Å². The largest absolute Gasteiger partial charge is 0.494 e. The average Bonchev–Trinajstić information content (AvgIpc) is 3.55. The van der Waals surface area contributed by atoms with Crippen LogP contribution in [0.4, 0.5) is 0 Å². The van der Waals surface area contributed by atoms with E-state index in [9.17, 15) is 4.79 Å². The molecule has 2 fully saturated rings. The minimum atomic E-state index is -0.0520. The second kappa shape index (κ2) is 11.4. The van der Waals surface area contributed by atoms with E-state index in [4.69, 9.17) is 14.2 Å². The highest BCUT2D eigenvalue weighted by Gasteiger charge is 2.27. The summed E-state index contributed by atoms with van der Waals surface area (Å²) >= 11 is 0. The van der Waals surface area contributed by atoms with E-state index in [0.717, 1.165) is 38.2 Å². The molecule has 1 amide bonds. The summed E-state index contributed by atoms with van der Waals surface area (Å²) in [5, 5.41) is 1.19. The Morgan fingerprint density at radius 1 is 1.03 bits per heavy atom. The van der Waals surface area contributed by atoms with Crippen LogP contribution in [0.3, 0.4) is 0 Å². The van der Waals surface area contributed by atoms with Crippen LogP contribution in [0.1, 0.15) is 55.4 Å². The zero-order valence-electron chi connectivity index (χ0n) is 22.2. The quantitative estimate of drug-likeness (QED) is 0.389. The number of pyridine rings is 1. The molecule has 2 saturated heterocycles. The van der Waals surface area contributed by atoms with E-state index in [1.54, 1.807) is 19.2 Å². The number of amides is 1. The van der Waals surface area contributed by atoms with E-state index >= 15 is 0 Å². The van der Waals surface area contributed by atoms with Crippen molar-refractivity contribution in [2.24, 2.45) is 0 Å². The van der Waals surface area contributed by atoms with Gasteiger partial charge >= 0.3 is 0 Å². The average molecular weight is 507 g/mol. The number of carbonyl (C=O) groups excluding carboxylic acids is 1. The Hall–Kier alpha value is -3.26. The molecule has 2 aliphatic rings. The zero-order valence-corrected chi connectivity index (χ0v) is 22.2. The summed E-state index contributed by atoms with van der Waals surface area (Å²) in [6.45, 7) is 6.79. The molecule has 1 aromatic carbocycles. The third-order valence-corrected chi connectivity index (χ3v) is 7.85. The molecule has 4 heterocycles. The van der Waals surface area contributed by atoms with Gasteiger partial charge in [0.05, 0.1) is 20.8 Å². The van der Waals surface area contributed by atoms with Gasteiger partial charge in [0.15, 0.2) is 0 Å². The SMILES string of the molecule is COc1ccc(C(=O)N2CCC(n3ccc4cc(OCCCN5CCC[C@H]5C)ccc43)CC2)c(OC)n1. The summed E-state index contributed by atoms with van der Waals surface area (Å²) in [6.07, 6.45) is 7.66. The van der Waals surface area contributed by atoms with Crippen LogP contribution in [0.15, 0.2) is 42.6 Å². The predicted molar refractivity (Wildman–Crippen MR) is 144 cm³/mol. The molecule has 0 aliphatic carbocycles. The molecular weight excluding hydrogens is 468 g/mol. The normalized spacial score (nSPS) is 18.9. The molecule has 3 aromatic rings. The Bertz CT molecular complexity index is 1220. The van der Waals surface area contributed by atoms with Crippen molar-refractivity contribution in [3.05, 3.63) is 48.2 Å². The number of ether oxygens (including phenoxy) is 3. The second-order valence-corrected chi connectivity index (χ2v) is 10.1. The predicted octanol–water partition coefficient (Wildman–Crippen LogP) is 4.78. The molecule has 1 atom stereocenters. The van der Waals surface area contributed by atoms with Crippen LogP contribution in [-0.2, 0) is 0 Å². The van der Waals surface area contributed by atoms with Crippen LogP contribution in [0, 0.1) is 0 Å². The molecule has 0 radical (unpaired) electrons. The fourth-order valence-electron chi connectivity index (χ4n) is 5.71. The summed E-state index contributed by atoms with van der Waals surface area (Å²) in [7, 11) is 3.07. The monoisotopic (exact) mass is 506 g/mol. The van der Waals surface area contributed by atoms with Gasteiger partial charge in [0.25, 0.3) is 5.91 Å². The molecule has 198 valence electrons. The molecule has 37 heavy (non-hydrogen) atoms. The Morgan fingerprint density at radius 3 is 2.59 bits per heavy atom. The highest BCUT2D eigenvalue weighted by Crippen LogP contribution is 2.31. The maximum Gasteiger partial charge on any atom is 0.259 e. The first-order valence-corrected chi connectivity index (χ1v) is 13.4. The maximum atomic E-state index is 13.2. The molecule has 2 aliphatic heterocycles. The Balaban J connectivity index is 1.16. The summed E-state index contributed by atoms with van der Waals surface area (Å²) in [4.78, 5) is 21.9. The molecule has 8 nitrogen and oxygen atoms in total. The van der Waals surface area contributed by atoms with Crippen molar-refractivity contribution in [3.8, 4) is 17.5 Å². The van der Waals surface area contributed by atoms with E-state index in [1.807, 2.05) is 4.90 Å². The van der Waals surface area contributed by atoms with Gasteiger partial charge in [-0.15, -0.1) is 0 Å². The van der Waals surface area contributed by atoms with Crippen molar-refractivity contribution >= 4 is 16.8 Å². The lowest BCUT2D eigenvalue weighted by Gasteiger charge is -2.33. The number of carbonyl (C=O) groups is 1. The van der Waals surface area contributed by atoms with Gasteiger partial charge in [-0.3, -0.25) is 4.79 Å². The molecule has 5 rings (SSSR count). The smallest absolute Gasteiger partial charge is 0.259 e. The van der Waals surface area contributed by atoms with Gasteiger partial charge in [-0.05, 0) is 75.9 Å². The van der Waals surface area contributed by atoms with Gasteiger partial charge in [-0.2, -0.15) is 4.98 Å². The fraction of sp³-hybridized carbons (Fsp3) is 0.517. The van der Waals surface area contributed by atoms with Crippen LogP contribution in [0.25, 0.3) is 10.9 Å². The molecule has 0 bridgehead atoms. The van der Waals surface area contributed by atoms with Crippen LogP contribution in [0.2, 0.25) is 0 Å². The van der Waals surface area contributed by atoms with Crippen LogP contribution in [0.5, 0.6) is 17.5 Å². The lowest BCUT2D eigenvalue weighted by Crippen LogP contribution is -2.39. The minimum Gasteiger partial charge on any atom is -0.494 e. The Morgan fingerprint density at radius 2 is 1.86 bits per heavy atom. The number of nitrogens with zero attached hydrogens (tertiary/aromatic N) is 4. The van der Waals surface area contributed by atoms with Gasteiger partial charge in [0.2, 0.25) is 11.8 Å². The number of methoxy groups -OCH3 is 2. The number of piperidine rings is 1. The molecule has 0 N–H and O–H groups in total. The van der Waals surface area contributed by atoms with E-state index < -0.39 is 0 Å². The summed E-state index contributed by atoms with van der Waals surface area (Å²) in [5.74, 6) is 1.61. The molecule has 0 unspecified atom stereocenters. The molecule has 0 saturated carbocycles. The topological polar surface area (TPSA) is 69.1 Å². The van der Waals surface area contributed by atoms with Crippen molar-refractivity contribution < 1.29 is 19.0 Å². The van der Waals surface area contributed by atoms with E-state index in [2.05, 4.69) is 51.8 Å². The fourth-order valence-corrected chi connectivity index (χ4v) is 5.71. The van der Waals surface area contributed by atoms with Crippen molar-refractivity contribution in [1.29, 1.82) is 0 Å². The van der Waals surface area contributed by atoms with Crippen molar-refractivity contribution in [2.45, 2.75) is 51.1 Å². The maximum absolute atomic E-state index is 13.2. The number of likely N-dealkylation sites (tertiary alicyclic amines) is 2. The standard InChI is InChI=1S/C29H38N4O4/c1-21-6-4-14-31(21)15-5-19-37-24-7-9-26-22(20-24)11-18-33(26)23-12-16-32(17-13-23)29(34)25-8-10-27(35-2)30-28(25)36-3/h7-11,18,20-21,23H,4-6,12-17,19H2,1-3H3/t21-/m1/s1. The third kappa shape index (κ3) is 5.54. The number of hydrogen-bond donors (Lipinski definition) is 0. The summed E-state index contributed by atoms with van der Waals surface area (Å²) in [5.41, 5.74) is 1.68. The second-order valence-electron chi connectivity index (χ2n) is 10.1. The lowest BCUT2D eigenvalue weighted by atomic mass is 10.0. The van der Waals surface area contributed by atoms with Crippen molar-refractivity contribution in [1.82, 2.24) is 19.4 Å². The van der Waals surface area contributed by atoms with E-state index in [1.165, 1.54) is 37.4 Å². The number of fused-ring (bicyclic) bond motifs is 1. The number of hydrogen-bond acceptors (Lipinski definition) is 6. The number of benzene rings is 1. The van der Waals surface area contributed by atoms with Crippen LogP contribution < -0.4 is 14.2 Å². The molecular formula is C29H38N4O4. The number of aromatic nitrogens is 2. The molecule has 0 spiro atoms. The highest BCUT2D eigenvalue weighted by molar-refractivity contribution is 5.96. The van der Waals surface area contributed by atoms with Gasteiger partial charge in [-0.25, -0.2) is 0 Å². The summed E-state index contributed by atoms with van der Waals surface area (Å²) < 4.78 is 18.9. The Labute approximate surface area is 219 Å². The first-order chi connectivity index (χ1) is 18.1. The summed E-state index contributed by atoms with van der Waals surface area (Å²) in [6, 6.07) is 13.0. The number of rotatable bonds is 9. The highest BCUT2D eigenvalue weighted by atomic mass is 16.5. The van der Waals surface area contributed by atoms with Crippen LogP contribution >= 0.6 is 0 Å². The molecule has 2 aromatic heterocycles. The molecule has 8 heteroatoms. The van der Waals surface area contributed by atoms with Gasteiger partial charge in [0.1, 0.15) is 11.3 Å². The lowest BCUT2D eigenvalue weighted by molar-refractivity contribution is 0.0691. The van der Waals surface area contributed by atoms with Gasteiger partial charge in [-0.1, -0.05) is 0 Å². The first kappa shape index (κ1) is 25.4.